The lowest BCUT2D eigenvalue weighted by molar-refractivity contribution is -0.167. The Morgan fingerprint density at radius 1 is 0.292 bits per heavy atom. The van der Waals surface area contributed by atoms with Crippen LogP contribution in [0, 0.1) is 5.92 Å². The summed E-state index contributed by atoms with van der Waals surface area (Å²) in [6.45, 7) is 9.07. The molecule has 0 fully saturated rings. The third-order valence-corrected chi connectivity index (χ3v) is 13.5. The minimum absolute atomic E-state index is 0.0617. The molecule has 65 heavy (non-hydrogen) atoms. The first-order chi connectivity index (χ1) is 31.9. The molecule has 0 aliphatic rings. The van der Waals surface area contributed by atoms with E-state index in [0.29, 0.717) is 19.3 Å². The van der Waals surface area contributed by atoms with Crippen LogP contribution in [-0.2, 0) is 28.6 Å². The molecule has 0 N–H and O–H groups in total. The third kappa shape index (κ3) is 53.2. The van der Waals surface area contributed by atoms with Gasteiger partial charge in [0, 0.05) is 19.3 Å². The summed E-state index contributed by atoms with van der Waals surface area (Å²) in [5, 5.41) is 0. The number of rotatable bonds is 54. The number of hydrogen-bond donors (Lipinski definition) is 0. The number of carbonyl (C=O) groups excluding carboxylic acids is 3. The van der Waals surface area contributed by atoms with E-state index in [1.165, 1.54) is 231 Å². The van der Waals surface area contributed by atoms with Gasteiger partial charge in [-0.25, -0.2) is 0 Å². The number of ether oxygens (including phenoxy) is 3. The average Bonchev–Trinajstić information content (AvgIpc) is 3.29. The number of carbonyl (C=O) groups is 3. The molecule has 0 aliphatic heterocycles. The summed E-state index contributed by atoms with van der Waals surface area (Å²) >= 11 is 0. The van der Waals surface area contributed by atoms with E-state index >= 15 is 0 Å². The molecule has 0 heterocycles. The maximum absolute atomic E-state index is 12.9. The Kier molecular flexibility index (Phi) is 52.1. The van der Waals surface area contributed by atoms with Crippen LogP contribution in [0.5, 0.6) is 0 Å². The first-order valence-electron chi connectivity index (χ1n) is 29.4. The summed E-state index contributed by atoms with van der Waals surface area (Å²) < 4.78 is 16.9. The van der Waals surface area contributed by atoms with Crippen molar-refractivity contribution in [2.24, 2.45) is 5.92 Å². The van der Waals surface area contributed by atoms with Gasteiger partial charge in [0.2, 0.25) is 0 Å². The topological polar surface area (TPSA) is 78.9 Å². The van der Waals surface area contributed by atoms with E-state index in [9.17, 15) is 14.4 Å². The lowest BCUT2D eigenvalue weighted by Gasteiger charge is -2.18. The van der Waals surface area contributed by atoms with Crippen LogP contribution < -0.4 is 0 Å². The predicted octanol–water partition coefficient (Wildman–Crippen LogP) is 19.4. The van der Waals surface area contributed by atoms with Gasteiger partial charge in [-0.05, 0) is 25.2 Å². The zero-order valence-corrected chi connectivity index (χ0v) is 44.5. The second-order valence-electron chi connectivity index (χ2n) is 20.8. The van der Waals surface area contributed by atoms with Crippen LogP contribution in [0.4, 0.5) is 0 Å². The van der Waals surface area contributed by atoms with E-state index in [-0.39, 0.29) is 31.1 Å². The lowest BCUT2D eigenvalue weighted by Crippen LogP contribution is -2.30. The highest BCUT2D eigenvalue weighted by Gasteiger charge is 2.19. The van der Waals surface area contributed by atoms with Gasteiger partial charge in [-0.1, -0.05) is 297 Å². The van der Waals surface area contributed by atoms with Crippen molar-refractivity contribution in [2.75, 3.05) is 13.2 Å². The summed E-state index contributed by atoms with van der Waals surface area (Å²) in [6.07, 6.45) is 58.0. The van der Waals surface area contributed by atoms with Crippen molar-refractivity contribution in [1.29, 1.82) is 0 Å². The van der Waals surface area contributed by atoms with E-state index in [1.54, 1.807) is 0 Å². The predicted molar refractivity (Wildman–Crippen MR) is 280 cm³/mol. The summed E-state index contributed by atoms with van der Waals surface area (Å²) in [6, 6.07) is 0. The van der Waals surface area contributed by atoms with Gasteiger partial charge in [0.05, 0.1) is 0 Å². The summed E-state index contributed by atoms with van der Waals surface area (Å²) in [5.41, 5.74) is 0. The molecule has 0 rings (SSSR count). The Balaban J connectivity index is 4.28. The van der Waals surface area contributed by atoms with Gasteiger partial charge in [-0.2, -0.15) is 0 Å². The van der Waals surface area contributed by atoms with Crippen LogP contribution >= 0.6 is 0 Å². The second kappa shape index (κ2) is 53.4. The minimum atomic E-state index is -0.762. The molecular formula is C59H114O6. The Labute approximate surface area is 406 Å². The fourth-order valence-corrected chi connectivity index (χ4v) is 9.10. The van der Waals surface area contributed by atoms with Crippen LogP contribution in [0.3, 0.4) is 0 Å². The number of hydrogen-bond acceptors (Lipinski definition) is 6. The van der Waals surface area contributed by atoms with Gasteiger partial charge in [-0.3, -0.25) is 14.4 Å². The maximum Gasteiger partial charge on any atom is 0.306 e. The maximum atomic E-state index is 12.9. The van der Waals surface area contributed by atoms with E-state index in [4.69, 9.17) is 14.2 Å². The zero-order valence-electron chi connectivity index (χ0n) is 44.5. The molecule has 0 amide bonds. The molecule has 0 aromatic rings. The molecule has 386 valence electrons. The van der Waals surface area contributed by atoms with Gasteiger partial charge in [0.15, 0.2) is 6.10 Å². The molecular weight excluding hydrogens is 805 g/mol. The molecule has 0 aromatic heterocycles. The Bertz CT molecular complexity index is 980. The standard InChI is InChI=1S/C59H114O6/c1-5-7-9-11-13-15-17-19-20-21-22-28-32-36-40-44-48-52-59(62)65-56(53-63-57(60)50-46-42-38-34-30-25-18-16-14-12-10-8-6-2)54-64-58(61)51-47-43-39-35-31-27-24-23-26-29-33-37-41-45-49-55(3)4/h55-56H,5-54H2,1-4H3/t56-/m1/s1. The van der Waals surface area contributed by atoms with Crippen LogP contribution in [-0.4, -0.2) is 37.2 Å². The lowest BCUT2D eigenvalue weighted by atomic mass is 10.0. The van der Waals surface area contributed by atoms with Gasteiger partial charge in [0.1, 0.15) is 13.2 Å². The van der Waals surface area contributed by atoms with Gasteiger partial charge in [0.25, 0.3) is 0 Å². The van der Waals surface area contributed by atoms with Gasteiger partial charge >= 0.3 is 17.9 Å². The molecule has 0 unspecified atom stereocenters. The van der Waals surface area contributed by atoms with Gasteiger partial charge < -0.3 is 14.2 Å². The van der Waals surface area contributed by atoms with Gasteiger partial charge in [-0.15, -0.1) is 0 Å². The van der Waals surface area contributed by atoms with Crippen molar-refractivity contribution < 1.29 is 28.6 Å². The van der Waals surface area contributed by atoms with Crippen LogP contribution in [0.25, 0.3) is 0 Å². The largest absolute Gasteiger partial charge is 0.462 e. The molecule has 6 nitrogen and oxygen atoms in total. The zero-order chi connectivity index (χ0) is 47.4. The number of esters is 3. The minimum Gasteiger partial charge on any atom is -0.462 e. The van der Waals surface area contributed by atoms with Crippen LogP contribution in [0.1, 0.15) is 336 Å². The SMILES string of the molecule is CCCCCCCCCCCCCCCCCCCC(=O)O[C@H](COC(=O)CCCCCCCCCCCCCCC)COC(=O)CCCCCCCCCCCCCCCCC(C)C. The Hall–Kier alpha value is -1.59. The van der Waals surface area contributed by atoms with E-state index in [0.717, 1.165) is 63.7 Å². The molecule has 0 saturated heterocycles. The second-order valence-corrected chi connectivity index (χ2v) is 20.8. The highest BCUT2D eigenvalue weighted by molar-refractivity contribution is 5.71. The molecule has 0 aromatic carbocycles. The molecule has 1 atom stereocenters. The summed E-state index contributed by atoms with van der Waals surface area (Å²) in [5.74, 6) is 0.0111. The molecule has 0 bridgehead atoms. The highest BCUT2D eigenvalue weighted by Crippen LogP contribution is 2.18. The van der Waals surface area contributed by atoms with E-state index in [2.05, 4.69) is 27.7 Å². The van der Waals surface area contributed by atoms with Crippen LogP contribution in [0.15, 0.2) is 0 Å². The van der Waals surface area contributed by atoms with Crippen molar-refractivity contribution in [2.45, 2.75) is 342 Å². The van der Waals surface area contributed by atoms with Crippen LogP contribution in [0.2, 0.25) is 0 Å². The normalized spacial score (nSPS) is 12.0. The smallest absolute Gasteiger partial charge is 0.306 e. The van der Waals surface area contributed by atoms with Crippen molar-refractivity contribution in [3.8, 4) is 0 Å². The number of unbranched alkanes of at least 4 members (excludes halogenated alkanes) is 41. The molecule has 6 heteroatoms. The fourth-order valence-electron chi connectivity index (χ4n) is 9.10. The van der Waals surface area contributed by atoms with E-state index in [1.807, 2.05) is 0 Å². The Morgan fingerprint density at radius 2 is 0.508 bits per heavy atom. The first kappa shape index (κ1) is 63.4. The fraction of sp³-hybridized carbons (Fsp3) is 0.949. The quantitative estimate of drug-likeness (QED) is 0.0344. The molecule has 0 aliphatic carbocycles. The third-order valence-electron chi connectivity index (χ3n) is 13.5. The molecule has 0 saturated carbocycles. The summed E-state index contributed by atoms with van der Waals surface area (Å²) in [4.78, 5) is 38.1. The van der Waals surface area contributed by atoms with E-state index < -0.39 is 6.10 Å². The van der Waals surface area contributed by atoms with Crippen molar-refractivity contribution >= 4 is 17.9 Å². The highest BCUT2D eigenvalue weighted by atomic mass is 16.6. The van der Waals surface area contributed by atoms with Crippen molar-refractivity contribution in [3.05, 3.63) is 0 Å². The first-order valence-corrected chi connectivity index (χ1v) is 29.4. The monoisotopic (exact) mass is 919 g/mol. The molecule has 0 spiro atoms. The molecule has 0 radical (unpaired) electrons. The summed E-state index contributed by atoms with van der Waals surface area (Å²) in [7, 11) is 0. The average molecular weight is 920 g/mol. The Morgan fingerprint density at radius 3 is 0.754 bits per heavy atom. The van der Waals surface area contributed by atoms with Crippen molar-refractivity contribution in [3.63, 3.8) is 0 Å². The van der Waals surface area contributed by atoms with Crippen molar-refractivity contribution in [1.82, 2.24) is 0 Å².